The molecular formula is C25H24N4O3. The zero-order valence-electron chi connectivity index (χ0n) is 17.8. The average molecular weight is 428 g/mol. The SMILES string of the molecule is COc1cccc(-c2nn(-c3ccccc3)cc2C=C(C#N)C(=O)NCC2CCCO2)c1. The van der Waals surface area contributed by atoms with Gasteiger partial charge in [0.15, 0.2) is 0 Å². The molecule has 0 aliphatic carbocycles. The van der Waals surface area contributed by atoms with E-state index in [2.05, 4.69) is 5.32 Å². The Labute approximate surface area is 186 Å². The molecule has 1 N–H and O–H groups in total. The maximum absolute atomic E-state index is 12.7. The number of hydrogen-bond donors (Lipinski definition) is 1. The molecule has 4 rings (SSSR count). The minimum atomic E-state index is -0.424. The number of carbonyl (C=O) groups excluding carboxylic acids is 1. The van der Waals surface area contributed by atoms with Gasteiger partial charge in [-0.15, -0.1) is 0 Å². The molecule has 1 aliphatic rings. The Morgan fingerprint density at radius 2 is 2.16 bits per heavy atom. The van der Waals surface area contributed by atoms with Gasteiger partial charge in [-0.2, -0.15) is 10.4 Å². The zero-order chi connectivity index (χ0) is 22.3. The fraction of sp³-hybridized carbons (Fsp3) is 0.240. The van der Waals surface area contributed by atoms with E-state index >= 15 is 0 Å². The van der Waals surface area contributed by atoms with Gasteiger partial charge in [0.05, 0.1) is 18.9 Å². The third-order valence-electron chi connectivity index (χ3n) is 5.29. The number of nitrogens with zero attached hydrogens (tertiary/aromatic N) is 3. The van der Waals surface area contributed by atoms with Gasteiger partial charge in [-0.3, -0.25) is 4.79 Å². The summed E-state index contributed by atoms with van der Waals surface area (Å²) in [5.74, 6) is 0.272. The molecule has 1 fully saturated rings. The second-order valence-corrected chi connectivity index (χ2v) is 7.46. The van der Waals surface area contributed by atoms with Crippen LogP contribution in [-0.2, 0) is 9.53 Å². The highest BCUT2D eigenvalue weighted by Crippen LogP contribution is 2.28. The number of ether oxygens (including phenoxy) is 2. The van der Waals surface area contributed by atoms with Gasteiger partial charge in [-0.1, -0.05) is 30.3 Å². The smallest absolute Gasteiger partial charge is 0.262 e. The first-order chi connectivity index (χ1) is 15.7. The van der Waals surface area contributed by atoms with Crippen LogP contribution >= 0.6 is 0 Å². The van der Waals surface area contributed by atoms with Crippen molar-refractivity contribution in [2.24, 2.45) is 0 Å². The van der Waals surface area contributed by atoms with Gasteiger partial charge in [0.1, 0.15) is 23.1 Å². The fourth-order valence-electron chi connectivity index (χ4n) is 3.61. The van der Waals surface area contributed by atoms with Crippen LogP contribution in [0.1, 0.15) is 18.4 Å². The van der Waals surface area contributed by atoms with Crippen LogP contribution in [0.3, 0.4) is 0 Å². The molecule has 0 saturated carbocycles. The van der Waals surface area contributed by atoms with E-state index in [0.717, 1.165) is 24.1 Å². The predicted octanol–water partition coefficient (Wildman–Crippen LogP) is 3.75. The molecule has 1 aromatic heterocycles. The van der Waals surface area contributed by atoms with Crippen molar-refractivity contribution < 1.29 is 14.3 Å². The number of amides is 1. The normalized spacial score (nSPS) is 15.9. The van der Waals surface area contributed by atoms with Crippen LogP contribution in [-0.4, -0.2) is 42.1 Å². The fourth-order valence-corrected chi connectivity index (χ4v) is 3.61. The molecule has 1 atom stereocenters. The molecule has 2 heterocycles. The Balaban J connectivity index is 1.69. The van der Waals surface area contributed by atoms with Crippen molar-refractivity contribution >= 4 is 12.0 Å². The van der Waals surface area contributed by atoms with Crippen molar-refractivity contribution in [1.29, 1.82) is 5.26 Å². The molecule has 0 radical (unpaired) electrons. The molecule has 2 aromatic carbocycles. The van der Waals surface area contributed by atoms with E-state index in [1.54, 1.807) is 17.9 Å². The predicted molar refractivity (Wildman–Crippen MR) is 121 cm³/mol. The van der Waals surface area contributed by atoms with Gasteiger partial charge in [0.25, 0.3) is 5.91 Å². The monoisotopic (exact) mass is 428 g/mol. The van der Waals surface area contributed by atoms with E-state index in [9.17, 15) is 10.1 Å². The first-order valence-electron chi connectivity index (χ1n) is 10.5. The second-order valence-electron chi connectivity index (χ2n) is 7.46. The number of para-hydroxylation sites is 1. The summed E-state index contributed by atoms with van der Waals surface area (Å²) in [6.07, 6.45) is 5.30. The van der Waals surface area contributed by atoms with Crippen LogP contribution in [0.4, 0.5) is 0 Å². The minimum absolute atomic E-state index is 0.00654. The first kappa shape index (κ1) is 21.3. The average Bonchev–Trinajstić information content (AvgIpc) is 3.52. The highest BCUT2D eigenvalue weighted by molar-refractivity contribution is 6.02. The van der Waals surface area contributed by atoms with E-state index in [4.69, 9.17) is 14.6 Å². The lowest BCUT2D eigenvalue weighted by Gasteiger charge is -2.10. The summed E-state index contributed by atoms with van der Waals surface area (Å²) in [5.41, 5.74) is 3.01. The van der Waals surface area contributed by atoms with Crippen molar-refractivity contribution in [1.82, 2.24) is 15.1 Å². The first-order valence-corrected chi connectivity index (χ1v) is 10.5. The Morgan fingerprint density at radius 3 is 2.88 bits per heavy atom. The Hall–Kier alpha value is -3.89. The number of aromatic nitrogens is 2. The molecular weight excluding hydrogens is 404 g/mol. The van der Waals surface area contributed by atoms with Gasteiger partial charge in [0.2, 0.25) is 0 Å². The Bertz CT molecular complexity index is 1160. The highest BCUT2D eigenvalue weighted by atomic mass is 16.5. The zero-order valence-corrected chi connectivity index (χ0v) is 17.8. The van der Waals surface area contributed by atoms with Gasteiger partial charge < -0.3 is 14.8 Å². The van der Waals surface area contributed by atoms with Crippen molar-refractivity contribution in [2.75, 3.05) is 20.3 Å². The number of methoxy groups -OCH3 is 1. The number of rotatable bonds is 7. The Kier molecular flexibility index (Phi) is 6.63. The number of benzene rings is 2. The number of nitriles is 1. The molecule has 0 bridgehead atoms. The van der Waals surface area contributed by atoms with Crippen LogP contribution < -0.4 is 10.1 Å². The maximum Gasteiger partial charge on any atom is 0.262 e. The molecule has 1 saturated heterocycles. The summed E-state index contributed by atoms with van der Waals surface area (Å²) in [4.78, 5) is 12.7. The summed E-state index contributed by atoms with van der Waals surface area (Å²) in [5, 5.41) is 17.2. The lowest BCUT2D eigenvalue weighted by molar-refractivity contribution is -0.117. The lowest BCUT2D eigenvalue weighted by atomic mass is 10.1. The summed E-state index contributed by atoms with van der Waals surface area (Å²) in [6, 6.07) is 19.2. The Morgan fingerprint density at radius 1 is 1.31 bits per heavy atom. The minimum Gasteiger partial charge on any atom is -0.497 e. The van der Waals surface area contributed by atoms with Crippen LogP contribution in [0.15, 0.2) is 66.4 Å². The van der Waals surface area contributed by atoms with Crippen molar-refractivity contribution in [2.45, 2.75) is 18.9 Å². The molecule has 1 amide bonds. The molecule has 0 spiro atoms. The molecule has 3 aromatic rings. The summed E-state index contributed by atoms with van der Waals surface area (Å²) in [7, 11) is 1.61. The summed E-state index contributed by atoms with van der Waals surface area (Å²) >= 11 is 0. The largest absolute Gasteiger partial charge is 0.497 e. The standard InChI is InChI=1S/C25H24N4O3/c1-31-22-10-5-7-18(14-22)24-20(17-29(28-24)21-8-3-2-4-9-21)13-19(15-26)25(30)27-16-23-11-6-12-32-23/h2-5,7-10,13-14,17,23H,6,11-12,16H2,1H3,(H,27,30). The van der Waals surface area contributed by atoms with Gasteiger partial charge in [-0.25, -0.2) is 4.68 Å². The second kappa shape index (κ2) is 9.94. The van der Waals surface area contributed by atoms with Crippen LogP contribution in [0.25, 0.3) is 23.0 Å². The van der Waals surface area contributed by atoms with Crippen molar-refractivity contribution in [3.05, 3.63) is 71.9 Å². The molecule has 7 heteroatoms. The molecule has 1 unspecified atom stereocenters. The van der Waals surface area contributed by atoms with Gasteiger partial charge in [0, 0.05) is 30.5 Å². The molecule has 1 aliphatic heterocycles. The van der Waals surface area contributed by atoms with Gasteiger partial charge in [-0.05, 0) is 43.2 Å². The number of hydrogen-bond acceptors (Lipinski definition) is 5. The van der Waals surface area contributed by atoms with E-state index in [0.29, 0.717) is 30.2 Å². The van der Waals surface area contributed by atoms with Crippen LogP contribution in [0, 0.1) is 11.3 Å². The van der Waals surface area contributed by atoms with Crippen LogP contribution in [0.2, 0.25) is 0 Å². The van der Waals surface area contributed by atoms with E-state index in [1.165, 1.54) is 0 Å². The third kappa shape index (κ3) is 4.88. The quantitative estimate of drug-likeness (QED) is 0.457. The van der Waals surface area contributed by atoms with E-state index in [-0.39, 0.29) is 11.7 Å². The number of nitrogens with one attached hydrogen (secondary N) is 1. The van der Waals surface area contributed by atoms with Gasteiger partial charge >= 0.3 is 0 Å². The molecule has 32 heavy (non-hydrogen) atoms. The maximum atomic E-state index is 12.7. The summed E-state index contributed by atoms with van der Waals surface area (Å²) < 4.78 is 12.6. The van der Waals surface area contributed by atoms with E-state index < -0.39 is 5.91 Å². The van der Waals surface area contributed by atoms with Crippen molar-refractivity contribution in [3.63, 3.8) is 0 Å². The molecule has 7 nitrogen and oxygen atoms in total. The summed E-state index contributed by atoms with van der Waals surface area (Å²) in [6.45, 7) is 1.11. The third-order valence-corrected chi connectivity index (χ3v) is 5.29. The molecule has 162 valence electrons. The van der Waals surface area contributed by atoms with E-state index in [1.807, 2.05) is 66.9 Å². The topological polar surface area (TPSA) is 89.2 Å². The van der Waals surface area contributed by atoms with Crippen molar-refractivity contribution in [3.8, 4) is 28.8 Å². The van der Waals surface area contributed by atoms with Crippen LogP contribution in [0.5, 0.6) is 5.75 Å². The highest BCUT2D eigenvalue weighted by Gasteiger charge is 2.19. The lowest BCUT2D eigenvalue weighted by Crippen LogP contribution is -2.32. The number of carbonyl (C=O) groups is 1.